The van der Waals surface area contributed by atoms with Gasteiger partial charge in [0.2, 0.25) is 5.78 Å². The number of furan rings is 1. The summed E-state index contributed by atoms with van der Waals surface area (Å²) < 4.78 is 30.5. The molecule has 0 bridgehead atoms. The number of para-hydroxylation sites is 2. The molecule has 0 fully saturated rings. The first-order valence-corrected chi connectivity index (χ1v) is 5.41. The maximum atomic E-state index is 12.5. The molecule has 0 atom stereocenters. The highest BCUT2D eigenvalue weighted by Gasteiger charge is 2.22. The molecule has 2 aromatic carbocycles. The van der Waals surface area contributed by atoms with E-state index in [1.54, 1.807) is 24.3 Å². The Hall–Kier alpha value is -2.23. The Morgan fingerprint density at radius 3 is 2.50 bits per heavy atom. The fourth-order valence-electron chi connectivity index (χ4n) is 2.06. The standard InChI is InChI=1S/C14H8F2O2/c15-14(16)12(17)10-6-3-5-9-8-4-1-2-7-11(8)18-13(9)10/h1-7,14H. The number of halogens is 2. The molecule has 0 radical (unpaired) electrons. The molecular formula is C14H8F2O2. The minimum Gasteiger partial charge on any atom is -0.455 e. The Kier molecular flexibility index (Phi) is 2.37. The lowest BCUT2D eigenvalue weighted by Gasteiger charge is -1.99. The molecule has 3 aromatic rings. The van der Waals surface area contributed by atoms with Crippen molar-refractivity contribution in [3.05, 3.63) is 48.0 Å². The number of fused-ring (bicyclic) bond motifs is 3. The smallest absolute Gasteiger partial charge is 0.300 e. The number of hydrogen-bond acceptors (Lipinski definition) is 2. The van der Waals surface area contributed by atoms with Gasteiger partial charge in [0.1, 0.15) is 11.2 Å². The number of Topliss-reactive ketones (excluding diaryl/α,β-unsaturated/α-hetero) is 1. The van der Waals surface area contributed by atoms with Gasteiger partial charge in [0.15, 0.2) is 0 Å². The Morgan fingerprint density at radius 1 is 1.00 bits per heavy atom. The Morgan fingerprint density at radius 2 is 1.72 bits per heavy atom. The van der Waals surface area contributed by atoms with Gasteiger partial charge in [-0.25, -0.2) is 8.78 Å². The molecule has 0 amide bonds. The van der Waals surface area contributed by atoms with Gasteiger partial charge in [0.05, 0.1) is 5.56 Å². The quantitative estimate of drug-likeness (QED) is 0.639. The first kappa shape index (κ1) is 10.9. The predicted molar refractivity (Wildman–Crippen MR) is 64.1 cm³/mol. The van der Waals surface area contributed by atoms with E-state index in [4.69, 9.17) is 4.42 Å². The van der Waals surface area contributed by atoms with Crippen molar-refractivity contribution in [1.29, 1.82) is 0 Å². The van der Waals surface area contributed by atoms with Crippen molar-refractivity contribution in [2.75, 3.05) is 0 Å². The van der Waals surface area contributed by atoms with Crippen molar-refractivity contribution < 1.29 is 18.0 Å². The number of alkyl halides is 2. The average molecular weight is 246 g/mol. The summed E-state index contributed by atoms with van der Waals surface area (Å²) in [7, 11) is 0. The number of hydrogen-bond donors (Lipinski definition) is 0. The summed E-state index contributed by atoms with van der Waals surface area (Å²) in [5, 5.41) is 1.49. The van der Waals surface area contributed by atoms with E-state index in [-0.39, 0.29) is 11.1 Å². The lowest BCUT2D eigenvalue weighted by Crippen LogP contribution is -2.10. The number of benzene rings is 2. The predicted octanol–water partition coefficient (Wildman–Crippen LogP) is 4.03. The molecule has 0 aliphatic carbocycles. The first-order valence-electron chi connectivity index (χ1n) is 5.41. The minimum absolute atomic E-state index is 0.0706. The molecule has 18 heavy (non-hydrogen) atoms. The molecule has 0 unspecified atom stereocenters. The molecule has 0 aliphatic heterocycles. The van der Waals surface area contributed by atoms with Crippen LogP contribution in [0.15, 0.2) is 46.9 Å². The van der Waals surface area contributed by atoms with Gasteiger partial charge in [0, 0.05) is 10.8 Å². The first-order chi connectivity index (χ1) is 8.68. The van der Waals surface area contributed by atoms with Crippen LogP contribution < -0.4 is 0 Å². The fraction of sp³-hybridized carbons (Fsp3) is 0.0714. The highest BCUT2D eigenvalue weighted by atomic mass is 19.3. The zero-order valence-corrected chi connectivity index (χ0v) is 9.19. The van der Waals surface area contributed by atoms with Crippen LogP contribution in [0.1, 0.15) is 10.4 Å². The van der Waals surface area contributed by atoms with Gasteiger partial charge in [-0.2, -0.15) is 0 Å². The second kappa shape index (κ2) is 3.91. The lowest BCUT2D eigenvalue weighted by molar-refractivity contribution is 0.0679. The molecule has 0 spiro atoms. The average Bonchev–Trinajstić information content (AvgIpc) is 2.76. The third-order valence-corrected chi connectivity index (χ3v) is 2.87. The van der Waals surface area contributed by atoms with E-state index in [2.05, 4.69) is 0 Å². The van der Waals surface area contributed by atoms with Crippen LogP contribution in [0.25, 0.3) is 21.9 Å². The zero-order valence-electron chi connectivity index (χ0n) is 9.19. The molecule has 2 nitrogen and oxygen atoms in total. The summed E-state index contributed by atoms with van der Waals surface area (Å²) in [6, 6.07) is 11.9. The van der Waals surface area contributed by atoms with Gasteiger partial charge in [-0.15, -0.1) is 0 Å². The summed E-state index contributed by atoms with van der Waals surface area (Å²) in [6.07, 6.45) is -3.02. The summed E-state index contributed by atoms with van der Waals surface area (Å²) in [5.41, 5.74) is 0.740. The van der Waals surface area contributed by atoms with Gasteiger partial charge < -0.3 is 4.42 Å². The molecule has 0 aliphatic rings. The molecule has 90 valence electrons. The van der Waals surface area contributed by atoms with Crippen LogP contribution >= 0.6 is 0 Å². The summed E-state index contributed by atoms with van der Waals surface area (Å²) in [6.45, 7) is 0. The van der Waals surface area contributed by atoms with E-state index in [0.29, 0.717) is 11.0 Å². The lowest BCUT2D eigenvalue weighted by atomic mass is 10.1. The van der Waals surface area contributed by atoms with Crippen LogP contribution in [0.4, 0.5) is 8.78 Å². The molecule has 3 rings (SSSR count). The Labute approximate surface area is 101 Å². The highest BCUT2D eigenvalue weighted by Crippen LogP contribution is 2.31. The molecule has 1 heterocycles. The second-order valence-corrected chi connectivity index (χ2v) is 3.95. The van der Waals surface area contributed by atoms with Crippen molar-refractivity contribution in [3.63, 3.8) is 0 Å². The molecule has 0 N–H and O–H groups in total. The molecule has 0 saturated carbocycles. The van der Waals surface area contributed by atoms with Crippen LogP contribution in [-0.4, -0.2) is 12.2 Å². The molecule has 1 aromatic heterocycles. The van der Waals surface area contributed by atoms with Crippen LogP contribution in [0.3, 0.4) is 0 Å². The van der Waals surface area contributed by atoms with Crippen molar-refractivity contribution >= 4 is 27.7 Å². The summed E-state index contributed by atoms with van der Waals surface area (Å²) in [5.74, 6) is -1.21. The van der Waals surface area contributed by atoms with Crippen molar-refractivity contribution in [2.24, 2.45) is 0 Å². The maximum absolute atomic E-state index is 12.5. The summed E-state index contributed by atoms with van der Waals surface area (Å²) >= 11 is 0. The minimum atomic E-state index is -3.02. The molecule has 4 heteroatoms. The normalized spacial score (nSPS) is 11.5. The zero-order chi connectivity index (χ0) is 12.7. The van der Waals surface area contributed by atoms with Gasteiger partial charge >= 0.3 is 6.43 Å². The number of carbonyl (C=O) groups excluding carboxylic acids is 1. The van der Waals surface area contributed by atoms with Crippen molar-refractivity contribution in [3.8, 4) is 0 Å². The van der Waals surface area contributed by atoms with Gasteiger partial charge in [-0.1, -0.05) is 30.3 Å². The second-order valence-electron chi connectivity index (χ2n) is 3.95. The number of rotatable bonds is 2. The van der Waals surface area contributed by atoms with Crippen LogP contribution in [0.2, 0.25) is 0 Å². The van der Waals surface area contributed by atoms with Gasteiger partial charge in [-0.3, -0.25) is 4.79 Å². The van der Waals surface area contributed by atoms with Crippen molar-refractivity contribution in [1.82, 2.24) is 0 Å². The van der Waals surface area contributed by atoms with Crippen molar-refractivity contribution in [2.45, 2.75) is 6.43 Å². The van der Waals surface area contributed by atoms with Crippen LogP contribution in [-0.2, 0) is 0 Å². The fourth-order valence-corrected chi connectivity index (χ4v) is 2.06. The topological polar surface area (TPSA) is 30.2 Å². The summed E-state index contributed by atoms with van der Waals surface area (Å²) in [4.78, 5) is 11.4. The van der Waals surface area contributed by atoms with E-state index in [1.807, 2.05) is 12.1 Å². The monoisotopic (exact) mass is 246 g/mol. The third-order valence-electron chi connectivity index (χ3n) is 2.87. The third kappa shape index (κ3) is 1.49. The molecule has 0 saturated heterocycles. The van der Waals surface area contributed by atoms with Gasteiger partial charge in [0.25, 0.3) is 0 Å². The van der Waals surface area contributed by atoms with E-state index < -0.39 is 12.2 Å². The van der Waals surface area contributed by atoms with Crippen LogP contribution in [0, 0.1) is 0 Å². The Bertz CT molecular complexity index is 744. The van der Waals surface area contributed by atoms with E-state index in [0.717, 1.165) is 5.39 Å². The van der Waals surface area contributed by atoms with E-state index in [1.165, 1.54) is 6.07 Å². The molecular weight excluding hydrogens is 238 g/mol. The van der Waals surface area contributed by atoms with Crippen LogP contribution in [0.5, 0.6) is 0 Å². The SMILES string of the molecule is O=C(c1cccc2c1oc1ccccc12)C(F)F. The number of carbonyl (C=O) groups is 1. The Balaban J connectivity index is 2.38. The highest BCUT2D eigenvalue weighted by molar-refractivity contribution is 6.14. The largest absolute Gasteiger partial charge is 0.455 e. The van der Waals surface area contributed by atoms with E-state index in [9.17, 15) is 13.6 Å². The van der Waals surface area contributed by atoms with E-state index >= 15 is 0 Å². The maximum Gasteiger partial charge on any atom is 0.300 e. The van der Waals surface area contributed by atoms with Gasteiger partial charge in [-0.05, 0) is 12.1 Å². The number of ketones is 1.